The number of unbranched alkanes of at least 4 members (excludes halogenated alkanes) is 2. The number of rotatable bonds is 8. The van der Waals surface area contributed by atoms with Crippen molar-refractivity contribution in [2.75, 3.05) is 0 Å². The van der Waals surface area contributed by atoms with Gasteiger partial charge in [-0.25, -0.2) is 0 Å². The highest BCUT2D eigenvalue weighted by Gasteiger charge is 2.18. The van der Waals surface area contributed by atoms with E-state index in [4.69, 9.17) is 5.84 Å². The smallest absolute Gasteiger partial charge is 0.0709 e. The first-order valence-electron chi connectivity index (χ1n) is 6.41. The third-order valence-electron chi connectivity index (χ3n) is 2.90. The second-order valence-electron chi connectivity index (χ2n) is 4.32. The Labute approximate surface area is 112 Å². The van der Waals surface area contributed by atoms with Crippen molar-refractivity contribution in [2.45, 2.75) is 58.5 Å². The first kappa shape index (κ1) is 14.7. The molecule has 3 N–H and O–H groups in total. The largest absolute Gasteiger partial charge is 0.271 e. The van der Waals surface area contributed by atoms with Gasteiger partial charge >= 0.3 is 0 Å². The van der Waals surface area contributed by atoms with Gasteiger partial charge in [0, 0.05) is 6.54 Å². The molecule has 0 aliphatic carbocycles. The zero-order valence-electron chi connectivity index (χ0n) is 10.7. The first-order chi connectivity index (χ1) is 8.24. The highest BCUT2D eigenvalue weighted by atomic mass is 79.9. The van der Waals surface area contributed by atoms with Gasteiger partial charge in [-0.3, -0.25) is 16.0 Å². The summed E-state index contributed by atoms with van der Waals surface area (Å²) in [6.07, 6.45) is 7.65. The Bertz CT molecular complexity index is 324. The molecule has 98 valence electrons. The maximum Gasteiger partial charge on any atom is 0.0709 e. The summed E-state index contributed by atoms with van der Waals surface area (Å²) < 4.78 is 3.09. The van der Waals surface area contributed by atoms with E-state index in [0.717, 1.165) is 23.9 Å². The maximum atomic E-state index is 5.67. The van der Waals surface area contributed by atoms with Crippen LogP contribution in [0.25, 0.3) is 0 Å². The molecular weight excluding hydrogens is 280 g/mol. The molecule has 0 amide bonds. The van der Waals surface area contributed by atoms with Crippen molar-refractivity contribution in [3.05, 3.63) is 16.4 Å². The summed E-state index contributed by atoms with van der Waals surface area (Å²) >= 11 is 3.56. The fourth-order valence-electron chi connectivity index (χ4n) is 2.01. The number of aryl methyl sites for hydroxylation is 1. The molecule has 0 saturated carbocycles. The highest BCUT2D eigenvalue weighted by Crippen LogP contribution is 2.26. The third-order valence-corrected chi connectivity index (χ3v) is 3.51. The van der Waals surface area contributed by atoms with E-state index in [2.05, 4.69) is 40.3 Å². The summed E-state index contributed by atoms with van der Waals surface area (Å²) in [6.45, 7) is 5.30. The van der Waals surface area contributed by atoms with Crippen LogP contribution in [0.2, 0.25) is 0 Å². The second kappa shape index (κ2) is 7.84. The van der Waals surface area contributed by atoms with E-state index in [1.807, 2.05) is 10.9 Å². The predicted octanol–water partition coefficient (Wildman–Crippen LogP) is 3.14. The SMILES string of the molecule is CCCCCC(NN)c1c(Br)cnn1CCC. The van der Waals surface area contributed by atoms with E-state index in [1.165, 1.54) is 25.0 Å². The standard InChI is InChI=1S/C12H23BrN4/c1-3-5-6-7-11(16-14)12-10(13)9-15-17(12)8-4-2/h9,11,16H,3-8,14H2,1-2H3. The van der Waals surface area contributed by atoms with Crippen molar-refractivity contribution >= 4 is 15.9 Å². The van der Waals surface area contributed by atoms with Crippen molar-refractivity contribution in [1.29, 1.82) is 0 Å². The Morgan fingerprint density at radius 3 is 2.76 bits per heavy atom. The van der Waals surface area contributed by atoms with Gasteiger partial charge in [-0.15, -0.1) is 0 Å². The first-order valence-corrected chi connectivity index (χ1v) is 7.21. The molecule has 1 atom stereocenters. The van der Waals surface area contributed by atoms with Gasteiger partial charge in [-0.2, -0.15) is 5.10 Å². The van der Waals surface area contributed by atoms with Crippen LogP contribution in [0.4, 0.5) is 0 Å². The molecule has 0 radical (unpaired) electrons. The predicted molar refractivity (Wildman–Crippen MR) is 74.4 cm³/mol. The van der Waals surface area contributed by atoms with Crippen molar-refractivity contribution in [3.63, 3.8) is 0 Å². The zero-order chi connectivity index (χ0) is 12.7. The second-order valence-corrected chi connectivity index (χ2v) is 5.17. The van der Waals surface area contributed by atoms with Crippen LogP contribution in [-0.4, -0.2) is 9.78 Å². The van der Waals surface area contributed by atoms with Crippen LogP contribution in [0.1, 0.15) is 57.7 Å². The minimum absolute atomic E-state index is 0.185. The van der Waals surface area contributed by atoms with Crippen LogP contribution in [-0.2, 0) is 6.54 Å². The van der Waals surface area contributed by atoms with E-state index >= 15 is 0 Å². The van der Waals surface area contributed by atoms with Gasteiger partial charge in [0.2, 0.25) is 0 Å². The Hall–Kier alpha value is -0.390. The lowest BCUT2D eigenvalue weighted by Gasteiger charge is -2.18. The van der Waals surface area contributed by atoms with Crippen LogP contribution >= 0.6 is 15.9 Å². The Morgan fingerprint density at radius 1 is 1.41 bits per heavy atom. The van der Waals surface area contributed by atoms with Crippen molar-refractivity contribution < 1.29 is 0 Å². The van der Waals surface area contributed by atoms with Crippen molar-refractivity contribution in [1.82, 2.24) is 15.2 Å². The lowest BCUT2D eigenvalue weighted by atomic mass is 10.1. The fraction of sp³-hybridized carbons (Fsp3) is 0.750. The highest BCUT2D eigenvalue weighted by molar-refractivity contribution is 9.10. The van der Waals surface area contributed by atoms with Gasteiger partial charge in [0.15, 0.2) is 0 Å². The zero-order valence-corrected chi connectivity index (χ0v) is 12.3. The molecule has 1 aromatic heterocycles. The van der Waals surface area contributed by atoms with E-state index in [0.29, 0.717) is 0 Å². The molecule has 0 saturated heterocycles. The molecular formula is C12H23BrN4. The molecule has 1 unspecified atom stereocenters. The molecule has 0 aliphatic heterocycles. The molecule has 0 fully saturated rings. The van der Waals surface area contributed by atoms with Crippen LogP contribution in [0.15, 0.2) is 10.7 Å². The number of nitrogens with one attached hydrogen (secondary N) is 1. The van der Waals surface area contributed by atoms with E-state index in [1.54, 1.807) is 0 Å². The van der Waals surface area contributed by atoms with Crippen LogP contribution in [0, 0.1) is 0 Å². The molecule has 0 aromatic carbocycles. The Morgan fingerprint density at radius 2 is 2.18 bits per heavy atom. The molecule has 1 rings (SSSR count). The van der Waals surface area contributed by atoms with E-state index in [9.17, 15) is 0 Å². The topological polar surface area (TPSA) is 55.9 Å². The summed E-state index contributed by atoms with van der Waals surface area (Å²) in [5, 5.41) is 4.38. The Balaban J connectivity index is 2.75. The Kier molecular flexibility index (Phi) is 6.77. The minimum Gasteiger partial charge on any atom is -0.271 e. The number of hydrogen-bond donors (Lipinski definition) is 2. The number of nitrogens with zero attached hydrogens (tertiary/aromatic N) is 2. The monoisotopic (exact) mass is 302 g/mol. The number of nitrogens with two attached hydrogens (primary N) is 1. The summed E-state index contributed by atoms with van der Waals surface area (Å²) in [5.41, 5.74) is 4.08. The van der Waals surface area contributed by atoms with E-state index < -0.39 is 0 Å². The van der Waals surface area contributed by atoms with Gasteiger partial charge < -0.3 is 0 Å². The van der Waals surface area contributed by atoms with E-state index in [-0.39, 0.29) is 6.04 Å². The average Bonchev–Trinajstić information content (AvgIpc) is 2.68. The van der Waals surface area contributed by atoms with Crippen molar-refractivity contribution in [3.8, 4) is 0 Å². The summed E-state index contributed by atoms with van der Waals surface area (Å²) in [4.78, 5) is 0. The normalized spacial score (nSPS) is 12.9. The molecule has 1 aromatic rings. The quantitative estimate of drug-likeness (QED) is 0.441. The van der Waals surface area contributed by atoms with Crippen LogP contribution in [0.3, 0.4) is 0 Å². The molecule has 0 aliphatic rings. The lowest BCUT2D eigenvalue weighted by Crippen LogP contribution is -2.30. The maximum absolute atomic E-state index is 5.67. The van der Waals surface area contributed by atoms with Gasteiger partial charge in [-0.05, 0) is 28.8 Å². The number of halogens is 1. The summed E-state index contributed by atoms with van der Waals surface area (Å²) in [7, 11) is 0. The molecule has 17 heavy (non-hydrogen) atoms. The molecule has 1 heterocycles. The van der Waals surface area contributed by atoms with Gasteiger partial charge in [-0.1, -0.05) is 33.1 Å². The van der Waals surface area contributed by atoms with Gasteiger partial charge in [0.05, 0.1) is 22.4 Å². The average molecular weight is 303 g/mol. The third kappa shape index (κ3) is 4.08. The molecule has 5 heteroatoms. The van der Waals surface area contributed by atoms with Gasteiger partial charge in [0.1, 0.15) is 0 Å². The summed E-state index contributed by atoms with van der Waals surface area (Å²) in [5.74, 6) is 5.67. The lowest BCUT2D eigenvalue weighted by molar-refractivity contribution is 0.439. The molecule has 0 spiro atoms. The number of hydrazine groups is 1. The van der Waals surface area contributed by atoms with Crippen LogP contribution < -0.4 is 11.3 Å². The van der Waals surface area contributed by atoms with Crippen LogP contribution in [0.5, 0.6) is 0 Å². The fourth-order valence-corrected chi connectivity index (χ4v) is 2.58. The van der Waals surface area contributed by atoms with Crippen molar-refractivity contribution in [2.24, 2.45) is 5.84 Å². The number of aromatic nitrogens is 2. The summed E-state index contributed by atoms with van der Waals surface area (Å²) in [6, 6.07) is 0.185. The molecule has 0 bridgehead atoms. The van der Waals surface area contributed by atoms with Gasteiger partial charge in [0.25, 0.3) is 0 Å². The number of hydrogen-bond acceptors (Lipinski definition) is 3. The minimum atomic E-state index is 0.185. The molecule has 4 nitrogen and oxygen atoms in total.